The molecule has 2 aromatic heterocycles. The highest BCUT2D eigenvalue weighted by atomic mass is 32.1. The van der Waals surface area contributed by atoms with Crippen LogP contribution in [-0.4, -0.2) is 44.8 Å². The number of aromatic nitrogens is 2. The van der Waals surface area contributed by atoms with E-state index in [1.165, 1.54) is 16.8 Å². The number of carbonyl (C=O) groups is 1. The minimum absolute atomic E-state index is 0.136. The third-order valence-electron chi connectivity index (χ3n) is 4.94. The van der Waals surface area contributed by atoms with E-state index in [9.17, 15) is 4.79 Å². The summed E-state index contributed by atoms with van der Waals surface area (Å²) in [6.45, 7) is 7.63. The zero-order chi connectivity index (χ0) is 17.6. The lowest BCUT2D eigenvalue weighted by molar-refractivity contribution is -0.132. The van der Waals surface area contributed by atoms with Gasteiger partial charge in [0.1, 0.15) is 6.33 Å². The first kappa shape index (κ1) is 18.0. The summed E-state index contributed by atoms with van der Waals surface area (Å²) in [5.74, 6) is 0.136. The molecule has 134 valence electrons. The lowest BCUT2D eigenvalue weighted by Gasteiger charge is -2.30. The minimum atomic E-state index is 0.136. The number of rotatable bonds is 5. The number of hydrogen-bond donors (Lipinski definition) is 0. The van der Waals surface area contributed by atoms with Crippen molar-refractivity contribution in [1.29, 1.82) is 0 Å². The van der Waals surface area contributed by atoms with Gasteiger partial charge in [-0.3, -0.25) is 9.69 Å². The van der Waals surface area contributed by atoms with Gasteiger partial charge >= 0.3 is 0 Å². The Morgan fingerprint density at radius 3 is 2.80 bits per heavy atom. The van der Waals surface area contributed by atoms with Crippen molar-refractivity contribution in [1.82, 2.24) is 19.8 Å². The second kappa shape index (κ2) is 8.54. The fraction of sp³-hybridized carbons (Fsp3) is 0.526. The first-order valence-electron chi connectivity index (χ1n) is 8.90. The van der Waals surface area contributed by atoms with Gasteiger partial charge in [-0.1, -0.05) is 0 Å². The lowest BCUT2D eigenvalue weighted by Crippen LogP contribution is -2.39. The second-order valence-electron chi connectivity index (χ2n) is 6.78. The Bertz CT molecular complexity index is 688. The molecule has 5 nitrogen and oxygen atoms in total. The van der Waals surface area contributed by atoms with Crippen LogP contribution in [0.4, 0.5) is 0 Å². The van der Waals surface area contributed by atoms with Crippen LogP contribution in [0, 0.1) is 6.92 Å². The molecule has 1 aliphatic heterocycles. The molecule has 0 aromatic carbocycles. The molecule has 0 bridgehead atoms. The van der Waals surface area contributed by atoms with Crippen LogP contribution in [0.3, 0.4) is 0 Å². The van der Waals surface area contributed by atoms with Gasteiger partial charge in [0.2, 0.25) is 5.91 Å². The number of likely N-dealkylation sites (tertiary alicyclic amines) is 1. The van der Waals surface area contributed by atoms with Gasteiger partial charge in [0, 0.05) is 55.4 Å². The van der Waals surface area contributed by atoms with Crippen LogP contribution in [0.2, 0.25) is 0 Å². The van der Waals surface area contributed by atoms with Crippen LogP contribution in [0.5, 0.6) is 0 Å². The van der Waals surface area contributed by atoms with Gasteiger partial charge < -0.3 is 4.90 Å². The summed E-state index contributed by atoms with van der Waals surface area (Å²) in [7, 11) is 0. The zero-order valence-corrected chi connectivity index (χ0v) is 15.8. The number of nitrogens with zero attached hydrogens (tertiary/aromatic N) is 4. The molecule has 1 aliphatic rings. The third-order valence-corrected chi connectivity index (χ3v) is 5.95. The highest BCUT2D eigenvalue weighted by molar-refractivity contribution is 7.10. The maximum absolute atomic E-state index is 12.2. The van der Waals surface area contributed by atoms with E-state index in [-0.39, 0.29) is 5.91 Å². The van der Waals surface area contributed by atoms with Crippen molar-refractivity contribution in [2.45, 2.75) is 52.2 Å². The molecule has 6 heteroatoms. The van der Waals surface area contributed by atoms with E-state index in [0.29, 0.717) is 12.6 Å². The topological polar surface area (TPSA) is 49.3 Å². The van der Waals surface area contributed by atoms with Gasteiger partial charge in [-0.05, 0) is 49.7 Å². The smallest absolute Gasteiger partial charge is 0.219 e. The summed E-state index contributed by atoms with van der Waals surface area (Å²) in [6, 6.07) is 2.49. The zero-order valence-electron chi connectivity index (χ0n) is 15.0. The predicted octanol–water partition coefficient (Wildman–Crippen LogP) is 3.25. The number of amides is 1. The van der Waals surface area contributed by atoms with E-state index in [2.05, 4.69) is 33.2 Å². The van der Waals surface area contributed by atoms with Crippen molar-refractivity contribution in [3.8, 4) is 0 Å². The minimum Gasteiger partial charge on any atom is -0.335 e. The van der Waals surface area contributed by atoms with Crippen molar-refractivity contribution in [3.63, 3.8) is 0 Å². The molecule has 1 saturated heterocycles. The SMILES string of the molecule is CC(=O)N(Cc1cncnc1)C1CCCN(Cc2sccc2C)CC1. The molecule has 0 N–H and O–H groups in total. The highest BCUT2D eigenvalue weighted by Gasteiger charge is 2.25. The summed E-state index contributed by atoms with van der Waals surface area (Å²) in [4.78, 5) is 26.3. The summed E-state index contributed by atoms with van der Waals surface area (Å²) in [5.41, 5.74) is 2.38. The van der Waals surface area contributed by atoms with Crippen molar-refractivity contribution >= 4 is 17.2 Å². The number of hydrogen-bond acceptors (Lipinski definition) is 5. The maximum atomic E-state index is 12.2. The quantitative estimate of drug-likeness (QED) is 0.823. The van der Waals surface area contributed by atoms with Gasteiger partial charge in [-0.2, -0.15) is 0 Å². The molecule has 0 aliphatic carbocycles. The van der Waals surface area contributed by atoms with Crippen molar-refractivity contribution in [2.24, 2.45) is 0 Å². The van der Waals surface area contributed by atoms with Crippen LogP contribution in [0.1, 0.15) is 42.2 Å². The molecular formula is C19H26N4OS. The molecule has 0 saturated carbocycles. The molecule has 2 aromatic rings. The summed E-state index contributed by atoms with van der Waals surface area (Å²) in [5, 5.41) is 2.17. The molecule has 0 radical (unpaired) electrons. The van der Waals surface area contributed by atoms with E-state index in [1.54, 1.807) is 19.3 Å². The summed E-state index contributed by atoms with van der Waals surface area (Å²) in [6.07, 6.45) is 8.34. The van der Waals surface area contributed by atoms with Gasteiger partial charge in [-0.25, -0.2) is 9.97 Å². The average molecular weight is 359 g/mol. The summed E-state index contributed by atoms with van der Waals surface area (Å²) < 4.78 is 0. The average Bonchev–Trinajstić information content (AvgIpc) is 2.87. The normalized spacial score (nSPS) is 18.7. The summed E-state index contributed by atoms with van der Waals surface area (Å²) >= 11 is 1.84. The fourth-order valence-corrected chi connectivity index (χ4v) is 4.43. The monoisotopic (exact) mass is 358 g/mol. The molecule has 1 atom stereocenters. The Morgan fingerprint density at radius 2 is 2.12 bits per heavy atom. The molecule has 0 spiro atoms. The standard InChI is InChI=1S/C19H26N4OS/c1-15-6-9-25-19(15)13-22-7-3-4-18(5-8-22)23(16(2)24)12-17-10-20-14-21-11-17/h6,9-11,14,18H,3-5,7-8,12-13H2,1-2H3. The highest BCUT2D eigenvalue weighted by Crippen LogP contribution is 2.23. The Balaban J connectivity index is 1.62. The number of thiophene rings is 1. The van der Waals surface area contributed by atoms with Gasteiger partial charge in [0.15, 0.2) is 0 Å². The third kappa shape index (κ3) is 4.86. The molecule has 3 rings (SSSR count). The maximum Gasteiger partial charge on any atom is 0.219 e. The lowest BCUT2D eigenvalue weighted by atomic mass is 10.1. The molecule has 1 amide bonds. The Hall–Kier alpha value is -1.79. The van der Waals surface area contributed by atoms with Crippen LogP contribution in [-0.2, 0) is 17.9 Å². The molecule has 3 heterocycles. The predicted molar refractivity (Wildman–Crippen MR) is 100 cm³/mol. The van der Waals surface area contributed by atoms with E-state index < -0.39 is 0 Å². The molecule has 25 heavy (non-hydrogen) atoms. The van der Waals surface area contributed by atoms with Crippen molar-refractivity contribution in [3.05, 3.63) is 46.2 Å². The van der Waals surface area contributed by atoms with Gasteiger partial charge in [0.25, 0.3) is 0 Å². The van der Waals surface area contributed by atoms with E-state index in [1.807, 2.05) is 16.2 Å². The molecule has 1 fully saturated rings. The fourth-order valence-electron chi connectivity index (χ4n) is 3.48. The second-order valence-corrected chi connectivity index (χ2v) is 7.78. The van der Waals surface area contributed by atoms with Crippen molar-refractivity contribution < 1.29 is 4.79 Å². The molecular weight excluding hydrogens is 332 g/mol. The number of aryl methyl sites for hydroxylation is 1. The van der Waals surface area contributed by atoms with Crippen LogP contribution in [0.15, 0.2) is 30.2 Å². The van der Waals surface area contributed by atoms with Crippen molar-refractivity contribution in [2.75, 3.05) is 13.1 Å². The van der Waals surface area contributed by atoms with E-state index in [4.69, 9.17) is 0 Å². The van der Waals surface area contributed by atoms with Gasteiger partial charge in [-0.15, -0.1) is 11.3 Å². The Labute approximate surface area is 153 Å². The first-order chi connectivity index (χ1) is 12.1. The van der Waals surface area contributed by atoms with E-state index in [0.717, 1.165) is 44.5 Å². The Morgan fingerprint density at radius 1 is 1.32 bits per heavy atom. The number of carbonyl (C=O) groups excluding carboxylic acids is 1. The Kier molecular flexibility index (Phi) is 6.15. The van der Waals surface area contributed by atoms with Crippen LogP contribution in [0.25, 0.3) is 0 Å². The molecule has 1 unspecified atom stereocenters. The largest absolute Gasteiger partial charge is 0.335 e. The van der Waals surface area contributed by atoms with Gasteiger partial charge in [0.05, 0.1) is 0 Å². The van der Waals surface area contributed by atoms with Crippen LogP contribution < -0.4 is 0 Å². The first-order valence-corrected chi connectivity index (χ1v) is 9.78. The van der Waals surface area contributed by atoms with Crippen LogP contribution >= 0.6 is 11.3 Å². The van der Waals surface area contributed by atoms with E-state index >= 15 is 0 Å².